The van der Waals surface area contributed by atoms with Crippen molar-refractivity contribution in [3.8, 4) is 0 Å². The van der Waals surface area contributed by atoms with E-state index in [0.29, 0.717) is 0 Å². The van der Waals surface area contributed by atoms with E-state index in [1.54, 1.807) is 0 Å². The van der Waals surface area contributed by atoms with Crippen LogP contribution >= 0.6 is 12.4 Å². The van der Waals surface area contributed by atoms with Gasteiger partial charge in [-0.1, -0.05) is 0 Å². The summed E-state index contributed by atoms with van der Waals surface area (Å²) in [7, 11) is 0. The van der Waals surface area contributed by atoms with E-state index in [-0.39, 0.29) is 12.4 Å². The Morgan fingerprint density at radius 1 is 1.41 bits per heavy atom. The van der Waals surface area contributed by atoms with Gasteiger partial charge in [-0.05, 0) is 31.8 Å². The highest BCUT2D eigenvalue weighted by atomic mass is 35.5. The Bertz CT molecular complexity index is 347. The Morgan fingerprint density at radius 3 is 3.18 bits per heavy atom. The number of nitrogens with zero attached hydrogens (tertiary/aromatic N) is 4. The molecule has 1 saturated heterocycles. The van der Waals surface area contributed by atoms with Crippen molar-refractivity contribution >= 4 is 12.4 Å². The van der Waals surface area contributed by atoms with Crippen LogP contribution < -0.4 is 5.32 Å². The van der Waals surface area contributed by atoms with Gasteiger partial charge >= 0.3 is 0 Å². The second kappa shape index (κ2) is 5.80. The average Bonchev–Trinajstić information content (AvgIpc) is 2.77. The van der Waals surface area contributed by atoms with E-state index in [4.69, 9.17) is 0 Å². The third kappa shape index (κ3) is 2.97. The number of halogens is 1. The van der Waals surface area contributed by atoms with Crippen molar-refractivity contribution in [3.63, 3.8) is 0 Å². The van der Waals surface area contributed by atoms with E-state index in [2.05, 4.69) is 25.0 Å². The molecule has 17 heavy (non-hydrogen) atoms. The lowest BCUT2D eigenvalue weighted by Crippen LogP contribution is -2.41. The van der Waals surface area contributed by atoms with Crippen LogP contribution in [0.15, 0.2) is 6.33 Å². The molecule has 0 saturated carbocycles. The maximum atomic E-state index is 4.16. The molecule has 1 aromatic rings. The maximum Gasteiger partial charge on any atom is 0.147 e. The van der Waals surface area contributed by atoms with Gasteiger partial charge in [0.1, 0.15) is 12.2 Å². The van der Waals surface area contributed by atoms with Crippen LogP contribution in [0.2, 0.25) is 0 Å². The number of aromatic nitrogens is 3. The average molecular weight is 258 g/mol. The largest absolute Gasteiger partial charge is 0.316 e. The highest BCUT2D eigenvalue weighted by Crippen LogP contribution is 2.15. The van der Waals surface area contributed by atoms with Crippen LogP contribution in [0.5, 0.6) is 0 Å². The van der Waals surface area contributed by atoms with Crippen molar-refractivity contribution in [3.05, 3.63) is 12.2 Å². The first kappa shape index (κ1) is 12.8. The Hall–Kier alpha value is -0.650. The summed E-state index contributed by atoms with van der Waals surface area (Å²) in [6.45, 7) is 6.74. The normalized spacial score (nSPS) is 25.1. The fraction of sp³-hybridized carbons (Fsp3) is 0.818. The van der Waals surface area contributed by atoms with Gasteiger partial charge in [0.2, 0.25) is 0 Å². The third-order valence-electron chi connectivity index (χ3n) is 3.63. The van der Waals surface area contributed by atoms with Crippen LogP contribution in [-0.4, -0.2) is 45.8 Å². The number of hydrogen-bond donors (Lipinski definition) is 1. The molecule has 1 atom stereocenters. The second-order valence-corrected chi connectivity index (χ2v) is 4.89. The van der Waals surface area contributed by atoms with Gasteiger partial charge in [-0.25, -0.2) is 0 Å². The van der Waals surface area contributed by atoms with Crippen LogP contribution in [0.3, 0.4) is 0 Å². The molecule has 1 aromatic heterocycles. The standard InChI is InChI=1S/C11H19N5.ClH/c1-2-10(6-12-3-1)7-15-4-5-16-9-13-14-11(16)8-15;/h9-10,12H,1-8H2;1H. The molecule has 2 aliphatic heterocycles. The number of rotatable bonds is 2. The minimum atomic E-state index is 0. The first-order chi connectivity index (χ1) is 7.92. The first-order valence-corrected chi connectivity index (χ1v) is 6.21. The zero-order chi connectivity index (χ0) is 10.8. The summed E-state index contributed by atoms with van der Waals surface area (Å²) in [5.74, 6) is 1.94. The van der Waals surface area contributed by atoms with E-state index in [0.717, 1.165) is 31.4 Å². The van der Waals surface area contributed by atoms with Gasteiger partial charge in [-0.3, -0.25) is 4.90 Å². The highest BCUT2D eigenvalue weighted by molar-refractivity contribution is 5.85. The van der Waals surface area contributed by atoms with Crippen molar-refractivity contribution in [1.29, 1.82) is 0 Å². The molecule has 3 rings (SSSR count). The van der Waals surface area contributed by atoms with E-state index in [1.165, 1.54) is 32.5 Å². The molecule has 0 amide bonds. The zero-order valence-electron chi connectivity index (χ0n) is 10.0. The third-order valence-corrected chi connectivity index (χ3v) is 3.63. The summed E-state index contributed by atoms with van der Waals surface area (Å²) in [5.41, 5.74) is 0. The molecule has 5 nitrogen and oxygen atoms in total. The molecule has 0 aliphatic carbocycles. The van der Waals surface area contributed by atoms with Crippen molar-refractivity contribution in [2.24, 2.45) is 5.92 Å². The molecular formula is C11H20ClN5. The van der Waals surface area contributed by atoms with Gasteiger partial charge in [0, 0.05) is 19.6 Å². The maximum absolute atomic E-state index is 4.16. The molecule has 0 bridgehead atoms. The quantitative estimate of drug-likeness (QED) is 0.839. The van der Waals surface area contributed by atoms with Crippen LogP contribution in [0.4, 0.5) is 0 Å². The molecule has 1 unspecified atom stereocenters. The van der Waals surface area contributed by atoms with Crippen LogP contribution in [0.1, 0.15) is 18.7 Å². The lowest BCUT2D eigenvalue weighted by molar-refractivity contribution is 0.170. The van der Waals surface area contributed by atoms with Crippen LogP contribution in [-0.2, 0) is 13.1 Å². The second-order valence-electron chi connectivity index (χ2n) is 4.89. The predicted octanol–water partition coefficient (Wildman–Crippen LogP) is 0.515. The summed E-state index contributed by atoms with van der Waals surface area (Å²) in [6.07, 6.45) is 4.54. The molecule has 0 aromatic carbocycles. The minimum absolute atomic E-state index is 0. The van der Waals surface area contributed by atoms with Gasteiger partial charge in [-0.2, -0.15) is 0 Å². The van der Waals surface area contributed by atoms with E-state index >= 15 is 0 Å². The zero-order valence-corrected chi connectivity index (χ0v) is 10.8. The topological polar surface area (TPSA) is 46.0 Å². The summed E-state index contributed by atoms with van der Waals surface area (Å²) in [6, 6.07) is 0. The fourth-order valence-corrected chi connectivity index (χ4v) is 2.72. The molecule has 2 aliphatic rings. The Balaban J connectivity index is 0.00000108. The SMILES string of the molecule is Cl.c1nnc2n1CCN(CC1CCCNC1)C2. The summed E-state index contributed by atoms with van der Waals surface area (Å²) < 4.78 is 2.16. The summed E-state index contributed by atoms with van der Waals surface area (Å²) >= 11 is 0. The van der Waals surface area contributed by atoms with Crippen molar-refractivity contribution < 1.29 is 0 Å². The smallest absolute Gasteiger partial charge is 0.147 e. The van der Waals surface area contributed by atoms with Gasteiger partial charge in [0.05, 0.1) is 6.54 Å². The van der Waals surface area contributed by atoms with E-state index in [9.17, 15) is 0 Å². The number of piperidine rings is 1. The molecule has 96 valence electrons. The fourth-order valence-electron chi connectivity index (χ4n) is 2.72. The van der Waals surface area contributed by atoms with E-state index in [1.807, 2.05) is 6.33 Å². The molecule has 0 spiro atoms. The van der Waals surface area contributed by atoms with Crippen LogP contribution in [0.25, 0.3) is 0 Å². The van der Waals surface area contributed by atoms with Gasteiger partial charge in [0.25, 0.3) is 0 Å². The predicted molar refractivity (Wildman–Crippen MR) is 68.1 cm³/mol. The monoisotopic (exact) mass is 257 g/mol. The summed E-state index contributed by atoms with van der Waals surface area (Å²) in [5, 5.41) is 11.6. The lowest BCUT2D eigenvalue weighted by Gasteiger charge is -2.32. The Morgan fingerprint density at radius 2 is 2.35 bits per heavy atom. The molecule has 1 fully saturated rings. The first-order valence-electron chi connectivity index (χ1n) is 6.21. The number of hydrogen-bond acceptors (Lipinski definition) is 4. The lowest BCUT2D eigenvalue weighted by atomic mass is 9.99. The van der Waals surface area contributed by atoms with Gasteiger partial charge in [-0.15, -0.1) is 22.6 Å². The number of fused-ring (bicyclic) bond motifs is 1. The molecule has 6 heteroatoms. The van der Waals surface area contributed by atoms with Crippen LogP contribution in [0, 0.1) is 5.92 Å². The van der Waals surface area contributed by atoms with E-state index < -0.39 is 0 Å². The van der Waals surface area contributed by atoms with Gasteiger partial charge < -0.3 is 9.88 Å². The van der Waals surface area contributed by atoms with Crippen molar-refractivity contribution in [2.45, 2.75) is 25.9 Å². The summed E-state index contributed by atoms with van der Waals surface area (Å²) in [4.78, 5) is 2.52. The Labute approximate surface area is 108 Å². The number of nitrogens with one attached hydrogen (secondary N) is 1. The molecule has 1 N–H and O–H groups in total. The molecule has 0 radical (unpaired) electrons. The molecule has 3 heterocycles. The van der Waals surface area contributed by atoms with Gasteiger partial charge in [0.15, 0.2) is 0 Å². The van der Waals surface area contributed by atoms with Crippen molar-refractivity contribution in [2.75, 3.05) is 26.2 Å². The van der Waals surface area contributed by atoms with Crippen molar-refractivity contribution in [1.82, 2.24) is 25.0 Å². The highest BCUT2D eigenvalue weighted by Gasteiger charge is 2.21. The Kier molecular flexibility index (Phi) is 4.36. The minimum Gasteiger partial charge on any atom is -0.316 e. The molecular weight excluding hydrogens is 238 g/mol.